The Hall–Kier alpha value is -2.63. The normalized spacial score (nSPS) is 11.6. The molecule has 3 aromatic carbocycles. The number of hydrogen-bond donors (Lipinski definition) is 1. The van der Waals surface area contributed by atoms with Crippen LogP contribution in [0.1, 0.15) is 23.6 Å². The third-order valence-corrected chi connectivity index (χ3v) is 5.94. The Labute approximate surface area is 202 Å². The number of nitrogens with one attached hydrogen (secondary N) is 1. The second-order valence-corrected chi connectivity index (χ2v) is 8.90. The van der Waals surface area contributed by atoms with E-state index in [1.54, 1.807) is 17.0 Å². The van der Waals surface area contributed by atoms with E-state index in [0.29, 0.717) is 24.5 Å². The number of likely N-dealkylation sites (N-methyl/N-ethyl adjacent to an activating group) is 1. The minimum atomic E-state index is -0.624. The van der Waals surface area contributed by atoms with Gasteiger partial charge in [-0.05, 0) is 47.9 Å². The van der Waals surface area contributed by atoms with Crippen LogP contribution in [0, 0.1) is 0 Å². The number of carbonyl (C=O) groups excluding carboxylic acids is 2. The van der Waals surface area contributed by atoms with Gasteiger partial charge in [-0.15, -0.1) is 0 Å². The molecule has 0 saturated heterocycles. The van der Waals surface area contributed by atoms with Crippen molar-refractivity contribution >= 4 is 39.3 Å². The van der Waals surface area contributed by atoms with Gasteiger partial charge in [-0.2, -0.15) is 0 Å². The molecule has 32 heavy (non-hydrogen) atoms. The number of rotatable bonds is 9. The molecular formula is C26H26BrClN2O2. The van der Waals surface area contributed by atoms with E-state index in [2.05, 4.69) is 21.2 Å². The second-order valence-electron chi connectivity index (χ2n) is 7.55. The molecular weight excluding hydrogens is 488 g/mol. The van der Waals surface area contributed by atoms with Gasteiger partial charge >= 0.3 is 0 Å². The molecule has 0 spiro atoms. The molecule has 0 saturated carbocycles. The monoisotopic (exact) mass is 512 g/mol. The van der Waals surface area contributed by atoms with Gasteiger partial charge < -0.3 is 10.2 Å². The zero-order valence-corrected chi connectivity index (χ0v) is 20.3. The van der Waals surface area contributed by atoms with Crippen molar-refractivity contribution in [3.8, 4) is 0 Å². The van der Waals surface area contributed by atoms with Crippen molar-refractivity contribution in [3.63, 3.8) is 0 Å². The van der Waals surface area contributed by atoms with E-state index in [1.165, 1.54) is 0 Å². The quantitative estimate of drug-likeness (QED) is 0.415. The maximum atomic E-state index is 13.5. The van der Waals surface area contributed by atoms with Crippen molar-refractivity contribution in [2.45, 2.75) is 32.4 Å². The molecule has 2 amide bonds. The van der Waals surface area contributed by atoms with Gasteiger partial charge in [-0.25, -0.2) is 0 Å². The summed E-state index contributed by atoms with van der Waals surface area (Å²) >= 11 is 9.45. The summed E-state index contributed by atoms with van der Waals surface area (Å²) in [5.41, 5.74) is 2.82. The Morgan fingerprint density at radius 2 is 1.53 bits per heavy atom. The fourth-order valence-corrected chi connectivity index (χ4v) is 3.90. The van der Waals surface area contributed by atoms with Crippen molar-refractivity contribution in [2.75, 3.05) is 6.54 Å². The van der Waals surface area contributed by atoms with Crippen LogP contribution < -0.4 is 5.32 Å². The molecule has 4 nitrogen and oxygen atoms in total. The number of halogens is 2. The molecule has 0 fully saturated rings. The van der Waals surface area contributed by atoms with E-state index in [0.717, 1.165) is 21.2 Å². The van der Waals surface area contributed by atoms with Crippen molar-refractivity contribution in [2.24, 2.45) is 0 Å². The maximum absolute atomic E-state index is 13.5. The first-order valence-corrected chi connectivity index (χ1v) is 11.7. The molecule has 1 atom stereocenters. The lowest BCUT2D eigenvalue weighted by Gasteiger charge is -2.31. The van der Waals surface area contributed by atoms with Crippen LogP contribution in [0.4, 0.5) is 0 Å². The molecule has 0 aromatic heterocycles. The van der Waals surface area contributed by atoms with Crippen molar-refractivity contribution in [3.05, 3.63) is 105 Å². The molecule has 1 unspecified atom stereocenters. The smallest absolute Gasteiger partial charge is 0.243 e. The summed E-state index contributed by atoms with van der Waals surface area (Å²) < 4.78 is 0.963. The van der Waals surface area contributed by atoms with E-state index >= 15 is 0 Å². The van der Waals surface area contributed by atoms with Gasteiger partial charge in [-0.1, -0.05) is 82.1 Å². The number of hydrogen-bond acceptors (Lipinski definition) is 2. The molecule has 0 aliphatic heterocycles. The largest absolute Gasteiger partial charge is 0.355 e. The van der Waals surface area contributed by atoms with Crippen LogP contribution >= 0.6 is 27.5 Å². The van der Waals surface area contributed by atoms with Gasteiger partial charge in [0.2, 0.25) is 11.8 Å². The zero-order valence-electron chi connectivity index (χ0n) is 17.9. The van der Waals surface area contributed by atoms with Crippen LogP contribution in [0.15, 0.2) is 83.3 Å². The molecule has 1 N–H and O–H groups in total. The van der Waals surface area contributed by atoms with Gasteiger partial charge in [0.1, 0.15) is 6.04 Å². The van der Waals surface area contributed by atoms with E-state index < -0.39 is 6.04 Å². The Bertz CT molecular complexity index is 1020. The molecule has 0 aliphatic rings. The minimum Gasteiger partial charge on any atom is -0.355 e. The van der Waals surface area contributed by atoms with Crippen LogP contribution in [0.25, 0.3) is 0 Å². The lowest BCUT2D eigenvalue weighted by molar-refractivity contribution is -0.140. The van der Waals surface area contributed by atoms with E-state index in [9.17, 15) is 9.59 Å². The van der Waals surface area contributed by atoms with Crippen molar-refractivity contribution in [1.82, 2.24) is 10.2 Å². The van der Waals surface area contributed by atoms with Crippen LogP contribution in [-0.4, -0.2) is 29.3 Å². The number of amides is 2. The third-order valence-electron chi connectivity index (χ3n) is 5.16. The fraction of sp³-hybridized carbons (Fsp3) is 0.231. The van der Waals surface area contributed by atoms with Crippen LogP contribution in [-0.2, 0) is 29.0 Å². The highest BCUT2D eigenvalue weighted by Crippen LogP contribution is 2.19. The number of benzene rings is 3. The van der Waals surface area contributed by atoms with Crippen LogP contribution in [0.3, 0.4) is 0 Å². The van der Waals surface area contributed by atoms with E-state index in [4.69, 9.17) is 11.6 Å². The summed E-state index contributed by atoms with van der Waals surface area (Å²) in [6.07, 6.45) is 0.633. The second kappa shape index (κ2) is 11.8. The highest BCUT2D eigenvalue weighted by atomic mass is 79.9. The Morgan fingerprint density at radius 1 is 0.906 bits per heavy atom. The minimum absolute atomic E-state index is 0.109. The SMILES string of the molecule is CCNC(=O)C(Cc1ccccc1)N(Cc1ccc(Br)cc1)C(=O)Cc1ccc(Cl)cc1. The van der Waals surface area contributed by atoms with E-state index in [-0.39, 0.29) is 18.2 Å². The average molecular weight is 514 g/mol. The molecule has 0 aliphatic carbocycles. The summed E-state index contributed by atoms with van der Waals surface area (Å²) in [5.74, 6) is -0.264. The van der Waals surface area contributed by atoms with Crippen LogP contribution in [0.2, 0.25) is 5.02 Å². The molecule has 6 heteroatoms. The standard InChI is InChI=1S/C26H26BrClN2O2/c1-2-29-26(32)24(16-19-6-4-3-5-7-19)30(18-21-8-12-22(27)13-9-21)25(31)17-20-10-14-23(28)15-11-20/h3-15,24H,2,16-18H2,1H3,(H,29,32). The van der Waals surface area contributed by atoms with E-state index in [1.807, 2.05) is 73.7 Å². The highest BCUT2D eigenvalue weighted by molar-refractivity contribution is 9.10. The van der Waals surface area contributed by atoms with Gasteiger partial charge in [0, 0.05) is 29.0 Å². The summed E-state index contributed by atoms with van der Waals surface area (Å²) in [6, 6.07) is 24.2. The molecule has 0 bridgehead atoms. The summed E-state index contributed by atoms with van der Waals surface area (Å²) in [4.78, 5) is 28.3. The molecule has 3 rings (SSSR count). The fourth-order valence-electron chi connectivity index (χ4n) is 3.51. The molecule has 166 valence electrons. The lowest BCUT2D eigenvalue weighted by Crippen LogP contribution is -2.50. The topological polar surface area (TPSA) is 49.4 Å². The highest BCUT2D eigenvalue weighted by Gasteiger charge is 2.30. The van der Waals surface area contributed by atoms with Crippen LogP contribution in [0.5, 0.6) is 0 Å². The van der Waals surface area contributed by atoms with Crippen molar-refractivity contribution in [1.29, 1.82) is 0 Å². The zero-order chi connectivity index (χ0) is 22.9. The van der Waals surface area contributed by atoms with Gasteiger partial charge in [0.25, 0.3) is 0 Å². The first kappa shape index (κ1) is 24.0. The molecule has 0 heterocycles. The van der Waals surface area contributed by atoms with Gasteiger partial charge in [0.05, 0.1) is 6.42 Å². The summed E-state index contributed by atoms with van der Waals surface area (Å²) in [5, 5.41) is 3.53. The first-order valence-electron chi connectivity index (χ1n) is 10.6. The predicted molar refractivity (Wildman–Crippen MR) is 132 cm³/mol. The lowest BCUT2D eigenvalue weighted by atomic mass is 10.0. The third kappa shape index (κ3) is 6.94. The molecule has 3 aromatic rings. The Balaban J connectivity index is 1.93. The van der Waals surface area contributed by atoms with Crippen molar-refractivity contribution < 1.29 is 9.59 Å². The number of carbonyl (C=O) groups is 2. The summed E-state index contributed by atoms with van der Waals surface area (Å²) in [6.45, 7) is 2.72. The Morgan fingerprint density at radius 3 is 2.16 bits per heavy atom. The molecule has 0 radical (unpaired) electrons. The van der Waals surface area contributed by atoms with Gasteiger partial charge in [0.15, 0.2) is 0 Å². The van der Waals surface area contributed by atoms with Gasteiger partial charge in [-0.3, -0.25) is 9.59 Å². The first-order chi connectivity index (χ1) is 15.5. The number of nitrogens with zero attached hydrogens (tertiary/aromatic N) is 1. The average Bonchev–Trinajstić information content (AvgIpc) is 2.79. The maximum Gasteiger partial charge on any atom is 0.243 e. The predicted octanol–water partition coefficient (Wildman–Crippen LogP) is 5.42. The summed E-state index contributed by atoms with van der Waals surface area (Å²) in [7, 11) is 0. The Kier molecular flexibility index (Phi) is 8.89.